The second-order valence-electron chi connectivity index (χ2n) is 5.89. The van der Waals surface area contributed by atoms with Crippen LogP contribution in [0.4, 0.5) is 0 Å². The molecule has 1 fully saturated rings. The van der Waals surface area contributed by atoms with Gasteiger partial charge in [0, 0.05) is 25.0 Å². The Morgan fingerprint density at radius 2 is 1.87 bits per heavy atom. The van der Waals surface area contributed by atoms with Crippen LogP contribution in [0.1, 0.15) is 48.2 Å². The number of H-pyrrole nitrogens is 1. The van der Waals surface area contributed by atoms with E-state index in [4.69, 9.17) is 0 Å². The van der Waals surface area contributed by atoms with E-state index in [9.17, 15) is 9.59 Å². The third-order valence-corrected chi connectivity index (χ3v) is 4.26. The Bertz CT molecular complexity index is 708. The smallest absolute Gasteiger partial charge is 0.272 e. The molecule has 1 N–H and O–H groups in total. The van der Waals surface area contributed by atoms with Gasteiger partial charge in [0.15, 0.2) is 0 Å². The predicted molar refractivity (Wildman–Crippen MR) is 85.8 cm³/mol. The lowest BCUT2D eigenvalue weighted by Gasteiger charge is -2.34. The average Bonchev–Trinajstić information content (AvgIpc) is 2.61. The Kier molecular flexibility index (Phi) is 4.80. The molecule has 1 aliphatic carbocycles. The van der Waals surface area contributed by atoms with Crippen molar-refractivity contribution in [3.63, 3.8) is 0 Å². The summed E-state index contributed by atoms with van der Waals surface area (Å²) in [4.78, 5) is 36.7. The van der Waals surface area contributed by atoms with Crippen LogP contribution in [0.5, 0.6) is 0 Å². The molecule has 6 nitrogen and oxygen atoms in total. The van der Waals surface area contributed by atoms with E-state index in [0.29, 0.717) is 6.54 Å². The number of aromatic nitrogens is 3. The highest BCUT2D eigenvalue weighted by atomic mass is 16.2. The standard InChI is InChI=1S/C17H20N4O2/c22-16-11-19-10-15(20-16)17(23)21(14-4-2-1-3-5-14)12-13-6-8-18-9-7-13/h6-11,14H,1-5,12H2,(H,20,22). The molecule has 120 valence electrons. The van der Waals surface area contributed by atoms with Crippen molar-refractivity contribution < 1.29 is 4.79 Å². The predicted octanol–water partition coefficient (Wildman–Crippen LogP) is 2.14. The van der Waals surface area contributed by atoms with Crippen LogP contribution in [0.15, 0.2) is 41.7 Å². The molecule has 23 heavy (non-hydrogen) atoms. The fourth-order valence-corrected chi connectivity index (χ4v) is 3.08. The Labute approximate surface area is 134 Å². The monoisotopic (exact) mass is 312 g/mol. The van der Waals surface area contributed by atoms with E-state index in [1.807, 2.05) is 17.0 Å². The quantitative estimate of drug-likeness (QED) is 0.938. The number of carbonyl (C=O) groups is 1. The third kappa shape index (κ3) is 3.83. The van der Waals surface area contributed by atoms with Crippen molar-refractivity contribution in [3.8, 4) is 0 Å². The lowest BCUT2D eigenvalue weighted by Crippen LogP contribution is -2.41. The van der Waals surface area contributed by atoms with Crippen molar-refractivity contribution in [3.05, 3.63) is 58.5 Å². The topological polar surface area (TPSA) is 79.0 Å². The maximum atomic E-state index is 12.9. The fourth-order valence-electron chi connectivity index (χ4n) is 3.08. The molecule has 2 heterocycles. The van der Waals surface area contributed by atoms with Crippen molar-refractivity contribution in [1.82, 2.24) is 19.9 Å². The second kappa shape index (κ2) is 7.17. The van der Waals surface area contributed by atoms with Crippen LogP contribution in [0.25, 0.3) is 0 Å². The molecule has 0 aromatic carbocycles. The minimum Gasteiger partial charge on any atom is -0.330 e. The molecule has 1 aliphatic rings. The van der Waals surface area contributed by atoms with E-state index >= 15 is 0 Å². The van der Waals surface area contributed by atoms with E-state index in [1.54, 1.807) is 12.4 Å². The minimum atomic E-state index is -0.358. The molecular formula is C17H20N4O2. The van der Waals surface area contributed by atoms with Crippen molar-refractivity contribution in [2.45, 2.75) is 44.7 Å². The Morgan fingerprint density at radius 1 is 1.13 bits per heavy atom. The van der Waals surface area contributed by atoms with Gasteiger partial charge in [0.1, 0.15) is 5.69 Å². The van der Waals surface area contributed by atoms with Crippen molar-refractivity contribution in [2.24, 2.45) is 0 Å². The van der Waals surface area contributed by atoms with Gasteiger partial charge < -0.3 is 9.88 Å². The van der Waals surface area contributed by atoms with Crippen molar-refractivity contribution in [1.29, 1.82) is 0 Å². The zero-order valence-corrected chi connectivity index (χ0v) is 12.9. The number of nitrogens with one attached hydrogen (secondary N) is 1. The molecular weight excluding hydrogens is 292 g/mol. The van der Waals surface area contributed by atoms with Gasteiger partial charge in [-0.25, -0.2) is 0 Å². The van der Waals surface area contributed by atoms with Gasteiger partial charge in [0.05, 0.1) is 12.4 Å². The number of aromatic amines is 1. The van der Waals surface area contributed by atoms with Crippen molar-refractivity contribution in [2.75, 3.05) is 0 Å². The third-order valence-electron chi connectivity index (χ3n) is 4.26. The number of hydrogen-bond acceptors (Lipinski definition) is 4. The molecule has 0 radical (unpaired) electrons. The van der Waals surface area contributed by atoms with Crippen LogP contribution >= 0.6 is 0 Å². The summed E-state index contributed by atoms with van der Waals surface area (Å²) in [5.41, 5.74) is 0.922. The van der Waals surface area contributed by atoms with E-state index in [1.165, 1.54) is 18.8 Å². The Balaban J connectivity index is 1.87. The average molecular weight is 312 g/mol. The lowest BCUT2D eigenvalue weighted by molar-refractivity contribution is 0.0607. The molecule has 0 unspecified atom stereocenters. The number of nitrogens with zero attached hydrogens (tertiary/aromatic N) is 3. The molecule has 0 spiro atoms. The highest BCUT2D eigenvalue weighted by molar-refractivity contribution is 5.92. The van der Waals surface area contributed by atoms with Crippen LogP contribution in [0.3, 0.4) is 0 Å². The first-order chi connectivity index (χ1) is 11.2. The number of pyridine rings is 1. The largest absolute Gasteiger partial charge is 0.330 e. The summed E-state index contributed by atoms with van der Waals surface area (Å²) in [7, 11) is 0. The van der Waals surface area contributed by atoms with Crippen LogP contribution in [-0.4, -0.2) is 31.8 Å². The Hall–Kier alpha value is -2.50. The summed E-state index contributed by atoms with van der Waals surface area (Å²) in [6.07, 6.45) is 11.5. The van der Waals surface area contributed by atoms with Gasteiger partial charge in [-0.3, -0.25) is 19.6 Å². The highest BCUT2D eigenvalue weighted by Crippen LogP contribution is 2.25. The van der Waals surface area contributed by atoms with Gasteiger partial charge in [-0.05, 0) is 30.5 Å². The molecule has 0 bridgehead atoms. The summed E-state index contributed by atoms with van der Waals surface area (Å²) in [5.74, 6) is -0.168. The van der Waals surface area contributed by atoms with E-state index in [2.05, 4.69) is 15.0 Å². The maximum Gasteiger partial charge on any atom is 0.272 e. The van der Waals surface area contributed by atoms with Gasteiger partial charge in [-0.15, -0.1) is 0 Å². The number of amides is 1. The first-order valence-corrected chi connectivity index (χ1v) is 7.98. The first-order valence-electron chi connectivity index (χ1n) is 7.98. The zero-order valence-electron chi connectivity index (χ0n) is 12.9. The van der Waals surface area contributed by atoms with Gasteiger partial charge in [0.25, 0.3) is 11.5 Å². The summed E-state index contributed by atoms with van der Waals surface area (Å²) in [6.45, 7) is 0.517. The number of carbonyl (C=O) groups excluding carboxylic acids is 1. The van der Waals surface area contributed by atoms with Gasteiger partial charge in [-0.2, -0.15) is 0 Å². The second-order valence-corrected chi connectivity index (χ2v) is 5.89. The van der Waals surface area contributed by atoms with Gasteiger partial charge in [-0.1, -0.05) is 19.3 Å². The van der Waals surface area contributed by atoms with Crippen LogP contribution in [0, 0.1) is 0 Å². The van der Waals surface area contributed by atoms with Crippen LogP contribution in [0.2, 0.25) is 0 Å². The van der Waals surface area contributed by atoms with E-state index in [0.717, 1.165) is 31.2 Å². The zero-order chi connectivity index (χ0) is 16.1. The molecule has 2 aromatic rings. The molecule has 6 heteroatoms. The van der Waals surface area contributed by atoms with Crippen molar-refractivity contribution >= 4 is 5.91 Å². The summed E-state index contributed by atoms with van der Waals surface area (Å²) >= 11 is 0. The normalized spacial score (nSPS) is 15.3. The minimum absolute atomic E-state index is 0.168. The highest BCUT2D eigenvalue weighted by Gasteiger charge is 2.27. The molecule has 1 amide bonds. The molecule has 0 atom stereocenters. The molecule has 0 aliphatic heterocycles. The Morgan fingerprint density at radius 3 is 2.57 bits per heavy atom. The molecule has 1 saturated carbocycles. The first kappa shape index (κ1) is 15.4. The fraction of sp³-hybridized carbons (Fsp3) is 0.412. The van der Waals surface area contributed by atoms with Crippen LogP contribution in [-0.2, 0) is 6.54 Å². The summed E-state index contributed by atoms with van der Waals surface area (Å²) in [6, 6.07) is 4.03. The summed E-state index contributed by atoms with van der Waals surface area (Å²) in [5, 5.41) is 0. The van der Waals surface area contributed by atoms with E-state index in [-0.39, 0.29) is 23.2 Å². The maximum absolute atomic E-state index is 12.9. The number of rotatable bonds is 4. The van der Waals surface area contributed by atoms with Gasteiger partial charge in [0.2, 0.25) is 0 Å². The van der Waals surface area contributed by atoms with Gasteiger partial charge >= 0.3 is 0 Å². The molecule has 3 rings (SSSR count). The van der Waals surface area contributed by atoms with E-state index < -0.39 is 0 Å². The molecule has 2 aromatic heterocycles. The number of hydrogen-bond donors (Lipinski definition) is 1. The SMILES string of the molecule is O=C(c1cncc(=O)[nH]1)N(Cc1ccncc1)C1CCCCC1. The summed E-state index contributed by atoms with van der Waals surface area (Å²) < 4.78 is 0. The molecule has 0 saturated heterocycles. The lowest BCUT2D eigenvalue weighted by atomic mass is 9.93. The van der Waals surface area contributed by atoms with Crippen LogP contribution < -0.4 is 5.56 Å².